The molecule has 13 nitrogen and oxygen atoms in total. The van der Waals surface area contributed by atoms with Crippen LogP contribution in [0, 0.1) is 0 Å². The molecule has 1 saturated heterocycles. The first-order chi connectivity index (χ1) is 11.8. The molecule has 0 spiro atoms. The molecule has 0 radical (unpaired) electrons. The lowest BCUT2D eigenvalue weighted by atomic mass is 9.98. The number of aliphatic hydroxyl groups excluding tert-OH is 4. The van der Waals surface area contributed by atoms with Crippen LogP contribution in [0.4, 0.5) is 5.95 Å². The molecule has 0 amide bonds. The predicted octanol–water partition coefficient (Wildman–Crippen LogP) is -4.67. The molecule has 1 fully saturated rings. The minimum absolute atomic E-state index is 0.373. The Kier molecular flexibility index (Phi) is 4.18. The number of fused-ring (bicyclic) bond motifs is 1. The summed E-state index contributed by atoms with van der Waals surface area (Å²) in [7, 11) is 0. The highest BCUT2D eigenvalue weighted by atomic mass is 16.6. The van der Waals surface area contributed by atoms with Crippen molar-refractivity contribution in [2.24, 2.45) is 0 Å². The van der Waals surface area contributed by atoms with E-state index in [0.717, 1.165) is 0 Å². The molecule has 13 heteroatoms. The van der Waals surface area contributed by atoms with Crippen molar-refractivity contribution in [2.75, 3.05) is 12.3 Å². The molecule has 25 heavy (non-hydrogen) atoms. The van der Waals surface area contributed by atoms with Crippen molar-refractivity contribution in [1.29, 1.82) is 0 Å². The van der Waals surface area contributed by atoms with Gasteiger partial charge in [0, 0.05) is 0 Å². The maximum Gasteiger partial charge on any atom is 0.320 e. The normalized spacial score (nSPS) is 29.8. The summed E-state index contributed by atoms with van der Waals surface area (Å²) in [5.74, 6) is -0.373. The third-order valence-electron chi connectivity index (χ3n) is 3.92. The molecule has 0 aliphatic carbocycles. The van der Waals surface area contributed by atoms with E-state index in [2.05, 4.69) is 9.97 Å². The summed E-state index contributed by atoms with van der Waals surface area (Å²) < 4.78 is 5.79. The molecular weight excluding hydrogens is 342 g/mol. The fourth-order valence-electron chi connectivity index (χ4n) is 2.67. The third-order valence-corrected chi connectivity index (χ3v) is 3.92. The summed E-state index contributed by atoms with van der Waals surface area (Å²) >= 11 is 0. The van der Waals surface area contributed by atoms with E-state index >= 15 is 0 Å². The van der Waals surface area contributed by atoms with Crippen LogP contribution in [0.25, 0.3) is 11.2 Å². The van der Waals surface area contributed by atoms with Gasteiger partial charge in [-0.2, -0.15) is 4.98 Å². The first kappa shape index (κ1) is 17.2. The number of hydrogen-bond donors (Lipinski definition) is 7. The Bertz CT molecular complexity index is 978. The van der Waals surface area contributed by atoms with Crippen LogP contribution in [0.15, 0.2) is 14.4 Å². The topological polar surface area (TPSA) is 217 Å². The van der Waals surface area contributed by atoms with Crippen LogP contribution in [0.5, 0.6) is 0 Å². The predicted molar refractivity (Wildman–Crippen MR) is 80.7 cm³/mol. The van der Waals surface area contributed by atoms with Crippen LogP contribution in [0.2, 0.25) is 0 Å². The van der Waals surface area contributed by atoms with E-state index < -0.39 is 65.1 Å². The van der Waals surface area contributed by atoms with Gasteiger partial charge in [0.2, 0.25) is 5.95 Å². The lowest BCUT2D eigenvalue weighted by Gasteiger charge is -2.40. The molecule has 3 rings (SSSR count). The lowest BCUT2D eigenvalue weighted by molar-refractivity contribution is -0.251. The fourth-order valence-corrected chi connectivity index (χ4v) is 2.67. The fraction of sp³-hybridized carbons (Fsp3) is 0.500. The summed E-state index contributed by atoms with van der Waals surface area (Å²) in [4.78, 5) is 44.0. The van der Waals surface area contributed by atoms with Gasteiger partial charge in [-0.05, 0) is 0 Å². The zero-order valence-electron chi connectivity index (χ0n) is 12.5. The Morgan fingerprint density at radius 1 is 1.08 bits per heavy atom. The summed E-state index contributed by atoms with van der Waals surface area (Å²) in [5, 5.41) is 39.1. The standard InChI is InChI=1S/C12H15N5O8/c13-12-15-7-3(8(22)16-12)14-9(23)10(24)17(7)11-6(21)5(20)4(19)2(1-18)25-11/h2,4-6,11,18-21H,1H2,(H,14,23)(H3,13,15,16,22)/t2-,4-,5+,6-,11-/m1/s1. The molecular formula is C12H15N5O8. The minimum Gasteiger partial charge on any atom is -0.394 e. The van der Waals surface area contributed by atoms with Crippen LogP contribution in [0.3, 0.4) is 0 Å². The van der Waals surface area contributed by atoms with Gasteiger partial charge in [-0.15, -0.1) is 0 Å². The summed E-state index contributed by atoms with van der Waals surface area (Å²) in [6.07, 6.45) is -8.36. The van der Waals surface area contributed by atoms with Crippen LogP contribution in [-0.2, 0) is 4.74 Å². The maximum atomic E-state index is 12.3. The molecule has 1 aliphatic rings. The van der Waals surface area contributed by atoms with E-state index in [1.165, 1.54) is 0 Å². The van der Waals surface area contributed by atoms with E-state index in [-0.39, 0.29) is 5.95 Å². The molecule has 5 atom stereocenters. The Labute approximate surface area is 137 Å². The maximum absolute atomic E-state index is 12.3. The third kappa shape index (κ3) is 2.63. The summed E-state index contributed by atoms with van der Waals surface area (Å²) in [5.41, 5.74) is 1.33. The molecule has 0 aromatic carbocycles. The Hall–Kier alpha value is -2.58. The van der Waals surface area contributed by atoms with Gasteiger partial charge in [0.25, 0.3) is 5.56 Å². The van der Waals surface area contributed by atoms with Gasteiger partial charge in [-0.25, -0.2) is 0 Å². The number of aromatic amines is 2. The van der Waals surface area contributed by atoms with Crippen molar-refractivity contribution in [1.82, 2.24) is 19.5 Å². The molecule has 8 N–H and O–H groups in total. The number of anilines is 1. The number of aliphatic hydroxyl groups is 4. The van der Waals surface area contributed by atoms with Gasteiger partial charge in [0.05, 0.1) is 6.61 Å². The number of aromatic nitrogens is 4. The highest BCUT2D eigenvalue weighted by molar-refractivity contribution is 5.69. The Balaban J connectivity index is 2.31. The van der Waals surface area contributed by atoms with E-state index in [0.29, 0.717) is 4.57 Å². The van der Waals surface area contributed by atoms with Crippen LogP contribution >= 0.6 is 0 Å². The van der Waals surface area contributed by atoms with Crippen LogP contribution in [0.1, 0.15) is 6.23 Å². The average molecular weight is 357 g/mol. The first-order valence-corrected chi connectivity index (χ1v) is 7.11. The molecule has 2 aromatic heterocycles. The van der Waals surface area contributed by atoms with E-state index in [1.807, 2.05) is 4.98 Å². The number of rotatable bonds is 2. The second-order valence-electron chi connectivity index (χ2n) is 5.50. The molecule has 136 valence electrons. The number of nitrogens with one attached hydrogen (secondary N) is 2. The SMILES string of the molecule is Nc1nc2c([nH]c(=O)c(=O)n2[C@@H]2O[C@H](CO)[C@@H](O)[C@H](O)[C@H]2O)c(=O)[nH]1. The number of nitrogens with zero attached hydrogens (tertiary/aromatic N) is 2. The molecule has 3 heterocycles. The van der Waals surface area contributed by atoms with Crippen molar-refractivity contribution < 1.29 is 25.2 Å². The van der Waals surface area contributed by atoms with Crippen molar-refractivity contribution in [3.8, 4) is 0 Å². The van der Waals surface area contributed by atoms with E-state index in [9.17, 15) is 34.8 Å². The first-order valence-electron chi connectivity index (χ1n) is 7.11. The smallest absolute Gasteiger partial charge is 0.320 e. The lowest BCUT2D eigenvalue weighted by Crippen LogP contribution is -2.58. The average Bonchev–Trinajstić information content (AvgIpc) is 2.56. The monoisotopic (exact) mass is 357 g/mol. The number of ether oxygens (including phenoxy) is 1. The van der Waals surface area contributed by atoms with Gasteiger partial charge in [0.1, 0.15) is 24.4 Å². The molecule has 0 unspecified atom stereocenters. The highest BCUT2D eigenvalue weighted by Gasteiger charge is 2.45. The number of H-pyrrole nitrogens is 2. The summed E-state index contributed by atoms with van der Waals surface area (Å²) in [6.45, 7) is -0.743. The van der Waals surface area contributed by atoms with E-state index in [1.54, 1.807) is 0 Å². The van der Waals surface area contributed by atoms with Crippen LogP contribution in [-0.4, -0.2) is 71.0 Å². The van der Waals surface area contributed by atoms with E-state index in [4.69, 9.17) is 10.5 Å². The number of nitrogen functional groups attached to an aromatic ring is 1. The molecule has 0 saturated carbocycles. The number of nitrogens with two attached hydrogens (primary N) is 1. The van der Waals surface area contributed by atoms with Gasteiger partial charge < -0.3 is 35.9 Å². The summed E-state index contributed by atoms with van der Waals surface area (Å²) in [6, 6.07) is 0. The quantitative estimate of drug-likeness (QED) is 0.255. The van der Waals surface area contributed by atoms with Gasteiger partial charge in [-0.3, -0.25) is 23.9 Å². The second kappa shape index (κ2) is 6.05. The largest absolute Gasteiger partial charge is 0.394 e. The zero-order valence-corrected chi connectivity index (χ0v) is 12.5. The van der Waals surface area contributed by atoms with Crippen LogP contribution < -0.4 is 22.4 Å². The van der Waals surface area contributed by atoms with Gasteiger partial charge in [0.15, 0.2) is 17.4 Å². The van der Waals surface area contributed by atoms with Crippen molar-refractivity contribution in [3.05, 3.63) is 31.1 Å². The minimum atomic E-state index is -1.86. The number of hydrogen-bond acceptors (Lipinski definition) is 10. The van der Waals surface area contributed by atoms with Crippen molar-refractivity contribution in [3.63, 3.8) is 0 Å². The highest BCUT2D eigenvalue weighted by Crippen LogP contribution is 2.28. The Morgan fingerprint density at radius 2 is 1.76 bits per heavy atom. The zero-order chi connectivity index (χ0) is 18.5. The van der Waals surface area contributed by atoms with Gasteiger partial charge >= 0.3 is 11.1 Å². The van der Waals surface area contributed by atoms with Crippen molar-refractivity contribution >= 4 is 17.1 Å². The molecule has 1 aliphatic heterocycles. The second-order valence-corrected chi connectivity index (χ2v) is 5.50. The molecule has 0 bridgehead atoms. The molecule has 2 aromatic rings. The Morgan fingerprint density at radius 3 is 2.40 bits per heavy atom. The van der Waals surface area contributed by atoms with Crippen molar-refractivity contribution in [2.45, 2.75) is 30.6 Å². The van der Waals surface area contributed by atoms with Gasteiger partial charge in [-0.1, -0.05) is 0 Å².